The van der Waals surface area contributed by atoms with Gasteiger partial charge in [0.1, 0.15) is 5.82 Å². The molecule has 5 heteroatoms. The molecule has 0 aromatic heterocycles. The third-order valence-electron chi connectivity index (χ3n) is 2.60. The quantitative estimate of drug-likeness (QED) is 0.834. The second-order valence-electron chi connectivity index (χ2n) is 4.04. The minimum atomic E-state index is -0.560. The SMILES string of the molecule is Cc1cc(C(=O)Nc2ccc(Cl)cc2F)ccc1Br. The van der Waals surface area contributed by atoms with Crippen LogP contribution in [0.5, 0.6) is 0 Å². The fourth-order valence-corrected chi connectivity index (χ4v) is 1.98. The lowest BCUT2D eigenvalue weighted by Gasteiger charge is -2.08. The maximum Gasteiger partial charge on any atom is 0.255 e. The van der Waals surface area contributed by atoms with E-state index in [0.29, 0.717) is 5.56 Å². The van der Waals surface area contributed by atoms with Crippen LogP contribution in [0.15, 0.2) is 40.9 Å². The van der Waals surface area contributed by atoms with Crippen LogP contribution in [0.1, 0.15) is 15.9 Å². The van der Waals surface area contributed by atoms with Gasteiger partial charge in [-0.3, -0.25) is 4.79 Å². The van der Waals surface area contributed by atoms with Gasteiger partial charge in [0.25, 0.3) is 5.91 Å². The Balaban J connectivity index is 2.23. The topological polar surface area (TPSA) is 29.1 Å². The van der Waals surface area contributed by atoms with Gasteiger partial charge in [0.15, 0.2) is 0 Å². The summed E-state index contributed by atoms with van der Waals surface area (Å²) in [6, 6.07) is 9.29. The third-order valence-corrected chi connectivity index (χ3v) is 3.72. The molecule has 2 aromatic rings. The molecule has 0 bridgehead atoms. The number of nitrogens with one attached hydrogen (secondary N) is 1. The first-order valence-electron chi connectivity index (χ1n) is 5.50. The van der Waals surface area contributed by atoms with E-state index in [2.05, 4.69) is 21.2 Å². The van der Waals surface area contributed by atoms with Crippen LogP contribution in [0.25, 0.3) is 0 Å². The molecule has 0 aliphatic rings. The lowest BCUT2D eigenvalue weighted by atomic mass is 10.1. The predicted octanol–water partition coefficient (Wildman–Crippen LogP) is 4.80. The van der Waals surface area contributed by atoms with E-state index < -0.39 is 5.82 Å². The van der Waals surface area contributed by atoms with E-state index in [9.17, 15) is 9.18 Å². The zero-order chi connectivity index (χ0) is 14.0. The molecular formula is C14H10BrClFNO. The Labute approximate surface area is 123 Å². The highest BCUT2D eigenvalue weighted by Crippen LogP contribution is 2.21. The van der Waals surface area contributed by atoms with Crippen molar-refractivity contribution in [2.24, 2.45) is 0 Å². The number of benzene rings is 2. The third kappa shape index (κ3) is 3.33. The van der Waals surface area contributed by atoms with Gasteiger partial charge in [-0.2, -0.15) is 0 Å². The van der Waals surface area contributed by atoms with Gasteiger partial charge in [-0.25, -0.2) is 4.39 Å². The van der Waals surface area contributed by atoms with E-state index in [1.54, 1.807) is 18.2 Å². The Hall–Kier alpha value is -1.39. The number of rotatable bonds is 2. The van der Waals surface area contributed by atoms with Crippen LogP contribution in [0.2, 0.25) is 5.02 Å². The van der Waals surface area contributed by atoms with Crippen molar-refractivity contribution in [1.82, 2.24) is 0 Å². The van der Waals surface area contributed by atoms with Gasteiger partial charge in [0.05, 0.1) is 5.69 Å². The van der Waals surface area contributed by atoms with E-state index in [1.807, 2.05) is 6.92 Å². The summed E-state index contributed by atoms with van der Waals surface area (Å²) in [6.45, 7) is 1.88. The summed E-state index contributed by atoms with van der Waals surface area (Å²) in [5, 5.41) is 2.80. The Morgan fingerprint density at radius 2 is 2.00 bits per heavy atom. The van der Waals surface area contributed by atoms with Crippen LogP contribution >= 0.6 is 27.5 Å². The standard InChI is InChI=1S/C14H10BrClFNO/c1-8-6-9(2-4-11(8)15)14(19)18-13-5-3-10(16)7-12(13)17/h2-7H,1H3,(H,18,19). The molecule has 0 atom stereocenters. The van der Waals surface area contributed by atoms with E-state index in [-0.39, 0.29) is 16.6 Å². The molecule has 2 rings (SSSR count). The van der Waals surface area contributed by atoms with Crippen molar-refractivity contribution < 1.29 is 9.18 Å². The number of amides is 1. The number of halogens is 3. The number of anilines is 1. The van der Waals surface area contributed by atoms with Gasteiger partial charge in [-0.15, -0.1) is 0 Å². The summed E-state index contributed by atoms with van der Waals surface area (Å²) in [6.07, 6.45) is 0. The molecule has 0 aliphatic heterocycles. The monoisotopic (exact) mass is 341 g/mol. The van der Waals surface area contributed by atoms with Gasteiger partial charge in [-0.05, 0) is 48.9 Å². The number of carbonyl (C=O) groups excluding carboxylic acids is 1. The molecule has 2 nitrogen and oxygen atoms in total. The first-order chi connectivity index (χ1) is 8.97. The molecule has 0 saturated carbocycles. The van der Waals surface area contributed by atoms with Crippen molar-refractivity contribution in [1.29, 1.82) is 0 Å². The molecule has 0 saturated heterocycles. The molecule has 98 valence electrons. The number of carbonyl (C=O) groups is 1. The second-order valence-corrected chi connectivity index (χ2v) is 5.33. The minimum Gasteiger partial charge on any atom is -0.319 e. The van der Waals surface area contributed by atoms with Crippen LogP contribution in [0.4, 0.5) is 10.1 Å². The summed E-state index contributed by atoms with van der Waals surface area (Å²) in [5.41, 5.74) is 1.51. The summed E-state index contributed by atoms with van der Waals surface area (Å²) in [7, 11) is 0. The number of hydrogen-bond donors (Lipinski definition) is 1. The molecule has 0 radical (unpaired) electrons. The van der Waals surface area contributed by atoms with Gasteiger partial charge in [0.2, 0.25) is 0 Å². The molecule has 0 fully saturated rings. The van der Waals surface area contributed by atoms with Crippen molar-refractivity contribution in [3.8, 4) is 0 Å². The van der Waals surface area contributed by atoms with Crippen molar-refractivity contribution in [2.75, 3.05) is 5.32 Å². The Bertz CT molecular complexity index is 645. The molecule has 0 heterocycles. The highest BCUT2D eigenvalue weighted by atomic mass is 79.9. The molecule has 19 heavy (non-hydrogen) atoms. The average molecular weight is 343 g/mol. The van der Waals surface area contributed by atoms with Gasteiger partial charge >= 0.3 is 0 Å². The average Bonchev–Trinajstić information content (AvgIpc) is 2.36. The molecule has 2 aromatic carbocycles. The van der Waals surface area contributed by atoms with Crippen LogP contribution in [-0.4, -0.2) is 5.91 Å². The predicted molar refractivity (Wildman–Crippen MR) is 78.2 cm³/mol. The maximum absolute atomic E-state index is 13.6. The first kappa shape index (κ1) is 14.0. The molecule has 0 aliphatic carbocycles. The highest BCUT2D eigenvalue weighted by Gasteiger charge is 2.10. The highest BCUT2D eigenvalue weighted by molar-refractivity contribution is 9.10. The maximum atomic E-state index is 13.6. The van der Waals surface area contributed by atoms with Crippen molar-refractivity contribution >= 4 is 39.1 Å². The zero-order valence-electron chi connectivity index (χ0n) is 10.0. The fourth-order valence-electron chi connectivity index (χ4n) is 1.57. The lowest BCUT2D eigenvalue weighted by Crippen LogP contribution is -2.13. The van der Waals surface area contributed by atoms with E-state index in [4.69, 9.17) is 11.6 Å². The smallest absolute Gasteiger partial charge is 0.255 e. The first-order valence-corrected chi connectivity index (χ1v) is 6.67. The summed E-state index contributed by atoms with van der Waals surface area (Å²) in [4.78, 5) is 12.0. The molecule has 0 unspecified atom stereocenters. The zero-order valence-corrected chi connectivity index (χ0v) is 12.3. The molecule has 1 N–H and O–H groups in total. The summed E-state index contributed by atoms with van der Waals surface area (Å²) in [5.74, 6) is -0.925. The minimum absolute atomic E-state index is 0.106. The van der Waals surface area contributed by atoms with Crippen molar-refractivity contribution in [2.45, 2.75) is 6.92 Å². The number of hydrogen-bond acceptors (Lipinski definition) is 1. The van der Waals surface area contributed by atoms with Gasteiger partial charge in [-0.1, -0.05) is 27.5 Å². The Morgan fingerprint density at radius 3 is 2.63 bits per heavy atom. The van der Waals surface area contributed by atoms with E-state index in [0.717, 1.165) is 16.1 Å². The fraction of sp³-hybridized carbons (Fsp3) is 0.0714. The van der Waals surface area contributed by atoms with Crippen molar-refractivity contribution in [3.05, 3.63) is 62.8 Å². The molecular weight excluding hydrogens is 333 g/mol. The molecule has 0 spiro atoms. The largest absolute Gasteiger partial charge is 0.319 e. The van der Waals surface area contributed by atoms with Gasteiger partial charge in [0, 0.05) is 15.1 Å². The van der Waals surface area contributed by atoms with Crippen molar-refractivity contribution in [3.63, 3.8) is 0 Å². The lowest BCUT2D eigenvalue weighted by molar-refractivity contribution is 0.102. The van der Waals surface area contributed by atoms with Crippen LogP contribution in [0.3, 0.4) is 0 Å². The summed E-state index contributed by atoms with van der Waals surface area (Å²) >= 11 is 9.01. The Morgan fingerprint density at radius 1 is 1.26 bits per heavy atom. The number of aryl methyl sites for hydroxylation is 1. The Kier molecular flexibility index (Phi) is 4.22. The normalized spacial score (nSPS) is 10.3. The van der Waals surface area contributed by atoms with E-state index >= 15 is 0 Å². The van der Waals surface area contributed by atoms with Gasteiger partial charge < -0.3 is 5.32 Å². The van der Waals surface area contributed by atoms with Crippen LogP contribution in [-0.2, 0) is 0 Å². The molecule has 1 amide bonds. The van der Waals surface area contributed by atoms with Crippen LogP contribution < -0.4 is 5.32 Å². The van der Waals surface area contributed by atoms with E-state index in [1.165, 1.54) is 12.1 Å². The van der Waals surface area contributed by atoms with Crippen LogP contribution in [0, 0.1) is 12.7 Å². The second kappa shape index (κ2) is 5.72. The summed E-state index contributed by atoms with van der Waals surface area (Å²) < 4.78 is 14.5.